The van der Waals surface area contributed by atoms with Crippen LogP contribution in [0.5, 0.6) is 0 Å². The maximum atomic E-state index is 15.0. The highest BCUT2D eigenvalue weighted by Gasteiger charge is 2.56. The van der Waals surface area contributed by atoms with E-state index in [1.165, 1.54) is 19.1 Å². The number of fused-ring (bicyclic) bond motifs is 1. The number of rotatable bonds is 9. The second-order valence-electron chi connectivity index (χ2n) is 14.1. The number of nitrogens with one attached hydrogen (secondary N) is 1. The summed E-state index contributed by atoms with van der Waals surface area (Å²) in [6.45, 7) is 12.2. The quantitative estimate of drug-likeness (QED) is 0.339. The van der Waals surface area contributed by atoms with E-state index < -0.39 is 53.7 Å². The van der Waals surface area contributed by atoms with Gasteiger partial charge in [-0.2, -0.15) is 0 Å². The van der Waals surface area contributed by atoms with E-state index in [-0.39, 0.29) is 51.1 Å². The first-order valence-electron chi connectivity index (χ1n) is 14.9. The van der Waals surface area contributed by atoms with Crippen molar-refractivity contribution < 1.29 is 31.2 Å². The lowest BCUT2D eigenvalue weighted by molar-refractivity contribution is -0.126. The normalized spacial score (nSPS) is 22.7. The van der Waals surface area contributed by atoms with Gasteiger partial charge in [-0.05, 0) is 98.0 Å². The van der Waals surface area contributed by atoms with Crippen LogP contribution in [0, 0.1) is 30.4 Å². The number of likely N-dealkylation sites (tertiary alicyclic amines) is 1. The molecule has 3 fully saturated rings. The van der Waals surface area contributed by atoms with Crippen molar-refractivity contribution in [3.63, 3.8) is 0 Å². The summed E-state index contributed by atoms with van der Waals surface area (Å²) in [6.07, 6.45) is 3.89. The summed E-state index contributed by atoms with van der Waals surface area (Å²) < 4.78 is 60.7. The van der Waals surface area contributed by atoms with Crippen LogP contribution in [0.25, 0.3) is 0 Å². The third-order valence-corrected chi connectivity index (χ3v) is 15.4. The molecule has 1 unspecified atom stereocenters. The van der Waals surface area contributed by atoms with Crippen molar-refractivity contribution in [3.8, 4) is 0 Å². The average Bonchev–Trinajstić information content (AvgIpc) is 3.84. The maximum Gasteiger partial charge on any atom is 0.255 e. The molecule has 3 aliphatic rings. The van der Waals surface area contributed by atoms with Crippen molar-refractivity contribution in [2.75, 3.05) is 6.26 Å². The molecule has 5 rings (SSSR count). The summed E-state index contributed by atoms with van der Waals surface area (Å²) in [4.78, 5) is 29.6. The fourth-order valence-electron chi connectivity index (χ4n) is 5.74. The Morgan fingerprint density at radius 1 is 1.09 bits per heavy atom. The Kier molecular flexibility index (Phi) is 8.18. The Hall–Kier alpha value is -2.63. The van der Waals surface area contributed by atoms with E-state index in [0.717, 1.165) is 37.7 Å². The van der Waals surface area contributed by atoms with Crippen molar-refractivity contribution >= 4 is 30.0 Å². The Labute approximate surface area is 254 Å². The van der Waals surface area contributed by atoms with Crippen LogP contribution in [0.4, 0.5) is 8.78 Å². The lowest BCUT2D eigenvalue weighted by Gasteiger charge is -2.36. The highest BCUT2D eigenvalue weighted by Crippen LogP contribution is 2.49. The number of aryl methyl sites for hydroxylation is 1. The summed E-state index contributed by atoms with van der Waals surface area (Å²) in [5.74, 6) is -1.77. The molecule has 2 saturated carbocycles. The number of halogens is 2. The van der Waals surface area contributed by atoms with Gasteiger partial charge in [0.2, 0.25) is 5.91 Å². The van der Waals surface area contributed by atoms with Crippen molar-refractivity contribution in [2.24, 2.45) is 11.8 Å². The first kappa shape index (κ1) is 31.8. The fourth-order valence-corrected chi connectivity index (χ4v) is 7.33. The molecule has 1 saturated heterocycles. The van der Waals surface area contributed by atoms with Crippen LogP contribution >= 0.6 is 0 Å². The molecule has 0 radical (unpaired) electrons. The molecule has 2 aliphatic carbocycles. The number of hydrogen-bond donors (Lipinski definition) is 1. The van der Waals surface area contributed by atoms with Crippen LogP contribution < -0.4 is 5.32 Å². The standard InChI is InChI=1S/C32H42F2N2O5SSi/c1-18-12-26(34)24(16-25(18)33)29(19-8-9-19)35-30(37)28-14-21-13-27(21)36(28)31(38)23-15-22(42(5,39)40)11-10-20(23)17-41-43(6,7)32(2,3)4/h10-12,15-16,19,21,27-29H,8-9,13-14,17H2,1-7H3,(H,35,37)/t21-,27-,28?,29-/m1/s1. The molecule has 11 heteroatoms. The summed E-state index contributed by atoms with van der Waals surface area (Å²) in [5, 5.41) is 2.89. The molecule has 1 aliphatic heterocycles. The van der Waals surface area contributed by atoms with E-state index in [1.807, 2.05) is 0 Å². The number of benzene rings is 2. The first-order chi connectivity index (χ1) is 19.9. The molecule has 4 atom stereocenters. The van der Waals surface area contributed by atoms with Crippen molar-refractivity contribution in [1.29, 1.82) is 0 Å². The van der Waals surface area contributed by atoms with E-state index in [2.05, 4.69) is 39.2 Å². The molecule has 7 nitrogen and oxygen atoms in total. The van der Waals surface area contributed by atoms with Crippen LogP contribution in [0.3, 0.4) is 0 Å². The predicted octanol–water partition coefficient (Wildman–Crippen LogP) is 6.07. The van der Waals surface area contributed by atoms with Gasteiger partial charge in [-0.1, -0.05) is 26.8 Å². The Morgan fingerprint density at radius 2 is 1.77 bits per heavy atom. The second kappa shape index (κ2) is 11.1. The van der Waals surface area contributed by atoms with Gasteiger partial charge in [-0.3, -0.25) is 9.59 Å². The van der Waals surface area contributed by atoms with Gasteiger partial charge < -0.3 is 14.6 Å². The lowest BCUT2D eigenvalue weighted by atomic mass is 9.98. The molecule has 2 aromatic rings. The highest BCUT2D eigenvalue weighted by atomic mass is 32.2. The number of amides is 2. The first-order valence-corrected chi connectivity index (χ1v) is 19.7. The number of carbonyl (C=O) groups excluding carboxylic acids is 2. The molecule has 1 heterocycles. The molecule has 1 N–H and O–H groups in total. The second-order valence-corrected chi connectivity index (χ2v) is 20.9. The molecule has 0 spiro atoms. The fraction of sp³-hybridized carbons (Fsp3) is 0.562. The van der Waals surface area contributed by atoms with Crippen molar-refractivity contribution in [1.82, 2.24) is 10.2 Å². The van der Waals surface area contributed by atoms with Crippen LogP contribution in [0.15, 0.2) is 35.2 Å². The van der Waals surface area contributed by atoms with Crippen molar-refractivity contribution in [3.05, 3.63) is 64.2 Å². The van der Waals surface area contributed by atoms with E-state index >= 15 is 0 Å². The minimum atomic E-state index is -3.61. The average molecular weight is 633 g/mol. The summed E-state index contributed by atoms with van der Waals surface area (Å²) in [7, 11) is -5.80. The van der Waals surface area contributed by atoms with Crippen LogP contribution in [-0.2, 0) is 25.7 Å². The highest BCUT2D eigenvalue weighted by molar-refractivity contribution is 7.90. The van der Waals surface area contributed by atoms with Gasteiger partial charge in [-0.25, -0.2) is 17.2 Å². The molecular weight excluding hydrogens is 591 g/mol. The number of nitrogens with zero attached hydrogens (tertiary/aromatic N) is 1. The van der Waals surface area contributed by atoms with Crippen LogP contribution in [0.1, 0.15) is 79.5 Å². The smallest absolute Gasteiger partial charge is 0.255 e. The van der Waals surface area contributed by atoms with Gasteiger partial charge in [0.25, 0.3) is 5.91 Å². The molecule has 0 bridgehead atoms. The van der Waals surface area contributed by atoms with Gasteiger partial charge in [0, 0.05) is 23.4 Å². The molecule has 43 heavy (non-hydrogen) atoms. The Balaban J connectivity index is 1.44. The third kappa shape index (κ3) is 6.44. The summed E-state index contributed by atoms with van der Waals surface area (Å²) in [5.41, 5.74) is 1.08. The molecule has 0 aromatic heterocycles. The lowest BCUT2D eigenvalue weighted by Crippen LogP contribution is -2.49. The number of carbonyl (C=O) groups is 2. The third-order valence-electron chi connectivity index (χ3n) is 9.78. The minimum Gasteiger partial charge on any atom is -0.413 e. The Bertz CT molecular complexity index is 1570. The maximum absolute atomic E-state index is 15.0. The van der Waals surface area contributed by atoms with Gasteiger partial charge in [0.05, 0.1) is 17.5 Å². The van der Waals surface area contributed by atoms with E-state index in [1.54, 1.807) is 11.0 Å². The van der Waals surface area contributed by atoms with Gasteiger partial charge in [-0.15, -0.1) is 0 Å². The van der Waals surface area contributed by atoms with Crippen molar-refractivity contribution in [2.45, 2.75) is 101 Å². The van der Waals surface area contributed by atoms with E-state index in [0.29, 0.717) is 12.0 Å². The Morgan fingerprint density at radius 3 is 2.37 bits per heavy atom. The molecule has 2 aromatic carbocycles. The predicted molar refractivity (Wildman–Crippen MR) is 163 cm³/mol. The van der Waals surface area contributed by atoms with Gasteiger partial charge in [0.1, 0.15) is 17.7 Å². The summed E-state index contributed by atoms with van der Waals surface area (Å²) in [6, 6.07) is 5.19. The largest absolute Gasteiger partial charge is 0.413 e. The molecule has 234 valence electrons. The molecular formula is C32H42F2N2O5SSi. The molecule has 2 amide bonds. The van der Waals surface area contributed by atoms with Gasteiger partial charge in [0.15, 0.2) is 18.2 Å². The topological polar surface area (TPSA) is 92.8 Å². The summed E-state index contributed by atoms with van der Waals surface area (Å²) >= 11 is 0. The zero-order valence-corrected chi connectivity index (χ0v) is 27.8. The monoisotopic (exact) mass is 632 g/mol. The van der Waals surface area contributed by atoms with Crippen LogP contribution in [-0.4, -0.2) is 51.8 Å². The van der Waals surface area contributed by atoms with Gasteiger partial charge >= 0.3 is 0 Å². The number of piperidine rings is 1. The van der Waals surface area contributed by atoms with E-state index in [4.69, 9.17) is 4.43 Å². The zero-order chi connectivity index (χ0) is 31.6. The number of hydrogen-bond acceptors (Lipinski definition) is 5. The van der Waals surface area contributed by atoms with E-state index in [9.17, 15) is 26.8 Å². The van der Waals surface area contributed by atoms with Crippen LogP contribution in [0.2, 0.25) is 18.1 Å². The minimum absolute atomic E-state index is 0.00817. The SMILES string of the molecule is Cc1cc(F)c([C@H](NC(=O)C2C[C@H]3C[C@H]3N2C(=O)c2cc(S(C)(=O)=O)ccc2CO[Si](C)(C)C(C)(C)C)C2CC2)cc1F. The zero-order valence-electron chi connectivity index (χ0n) is 26.0. The number of sulfone groups is 1.